The number of hydrogen-bond acceptors (Lipinski definition) is 5. The zero-order valence-corrected chi connectivity index (χ0v) is 17.2. The van der Waals surface area contributed by atoms with Gasteiger partial charge in [0, 0.05) is 25.2 Å². The number of aromatic nitrogens is 1. The van der Waals surface area contributed by atoms with Gasteiger partial charge in [0.25, 0.3) is 5.91 Å². The van der Waals surface area contributed by atoms with Gasteiger partial charge in [-0.1, -0.05) is 25.4 Å². The Morgan fingerprint density at radius 3 is 2.89 bits per heavy atom. The Labute approximate surface area is 167 Å². The lowest BCUT2D eigenvalue weighted by atomic mass is 10.1. The molecule has 2 heterocycles. The zero-order valence-electron chi connectivity index (χ0n) is 15.6. The lowest BCUT2D eigenvalue weighted by Crippen LogP contribution is -2.47. The molecule has 0 atom stereocenters. The van der Waals surface area contributed by atoms with Crippen LogP contribution in [0.15, 0.2) is 18.2 Å². The fourth-order valence-electron chi connectivity index (χ4n) is 2.97. The molecule has 2 aromatic rings. The summed E-state index contributed by atoms with van der Waals surface area (Å²) in [5.41, 5.74) is 2.15. The van der Waals surface area contributed by atoms with Crippen LogP contribution < -0.4 is 15.5 Å². The van der Waals surface area contributed by atoms with Crippen LogP contribution in [0.2, 0.25) is 5.02 Å². The fraction of sp³-hybridized carbons (Fsp3) is 0.421. The highest BCUT2D eigenvalue weighted by Gasteiger charge is 2.20. The minimum Gasteiger partial charge on any atom is -0.359 e. The van der Waals surface area contributed by atoms with Crippen LogP contribution >= 0.6 is 22.9 Å². The quantitative estimate of drug-likeness (QED) is 0.797. The number of thiazole rings is 1. The van der Waals surface area contributed by atoms with Crippen molar-refractivity contribution in [2.45, 2.75) is 27.2 Å². The minimum atomic E-state index is -0.179. The standard InChI is InChI=1S/C19H23ClN4O2S/c1-11(2)8-17-22-12(3)18(27-17)19(26)23-13-4-5-15(14(20)9-13)24-7-6-21-16(25)10-24/h4-5,9,11H,6-8,10H2,1-3H3,(H,21,25)(H,23,26). The molecule has 1 saturated heterocycles. The highest BCUT2D eigenvalue weighted by atomic mass is 35.5. The van der Waals surface area contributed by atoms with E-state index in [0.29, 0.717) is 34.6 Å². The molecule has 1 aromatic carbocycles. The lowest BCUT2D eigenvalue weighted by molar-refractivity contribution is -0.120. The fourth-order valence-corrected chi connectivity index (χ4v) is 4.44. The second kappa shape index (κ2) is 8.27. The minimum absolute atomic E-state index is 0.0208. The van der Waals surface area contributed by atoms with E-state index in [-0.39, 0.29) is 18.4 Å². The Morgan fingerprint density at radius 1 is 1.44 bits per heavy atom. The maximum absolute atomic E-state index is 12.6. The first-order valence-corrected chi connectivity index (χ1v) is 10.1. The number of anilines is 2. The van der Waals surface area contributed by atoms with Crippen LogP contribution in [0, 0.1) is 12.8 Å². The summed E-state index contributed by atoms with van der Waals surface area (Å²) in [5.74, 6) is 0.295. The Bertz CT molecular complexity index is 865. The van der Waals surface area contributed by atoms with E-state index in [4.69, 9.17) is 11.6 Å². The number of halogens is 1. The van der Waals surface area contributed by atoms with Gasteiger partial charge in [0.05, 0.1) is 28.0 Å². The SMILES string of the molecule is Cc1nc(CC(C)C)sc1C(=O)Nc1ccc(N2CCNC(=O)C2)c(Cl)c1. The van der Waals surface area contributed by atoms with Crippen molar-refractivity contribution in [3.63, 3.8) is 0 Å². The van der Waals surface area contributed by atoms with Gasteiger partial charge in [0.15, 0.2) is 0 Å². The molecule has 1 aliphatic heterocycles. The average molecular weight is 407 g/mol. The molecule has 0 spiro atoms. The maximum atomic E-state index is 12.6. The lowest BCUT2D eigenvalue weighted by Gasteiger charge is -2.29. The van der Waals surface area contributed by atoms with Gasteiger partial charge < -0.3 is 15.5 Å². The van der Waals surface area contributed by atoms with Gasteiger partial charge in [-0.05, 0) is 31.0 Å². The van der Waals surface area contributed by atoms with Crippen LogP contribution in [0.1, 0.15) is 34.2 Å². The summed E-state index contributed by atoms with van der Waals surface area (Å²) in [6.45, 7) is 7.70. The van der Waals surface area contributed by atoms with Gasteiger partial charge in [-0.25, -0.2) is 4.98 Å². The van der Waals surface area contributed by atoms with E-state index >= 15 is 0 Å². The molecule has 0 aliphatic carbocycles. The molecule has 2 amide bonds. The predicted molar refractivity (Wildman–Crippen MR) is 110 cm³/mol. The molecule has 3 rings (SSSR count). The monoisotopic (exact) mass is 406 g/mol. The van der Waals surface area contributed by atoms with Gasteiger partial charge >= 0.3 is 0 Å². The van der Waals surface area contributed by atoms with Gasteiger partial charge in [0.1, 0.15) is 4.88 Å². The van der Waals surface area contributed by atoms with E-state index in [1.54, 1.807) is 12.1 Å². The van der Waals surface area contributed by atoms with Crippen molar-refractivity contribution in [3.8, 4) is 0 Å². The summed E-state index contributed by atoms with van der Waals surface area (Å²) in [4.78, 5) is 31.3. The molecule has 8 heteroatoms. The molecular formula is C19H23ClN4O2S. The number of carbonyl (C=O) groups excluding carboxylic acids is 2. The summed E-state index contributed by atoms with van der Waals surface area (Å²) in [5, 5.41) is 7.17. The zero-order chi connectivity index (χ0) is 19.6. The van der Waals surface area contributed by atoms with Gasteiger partial charge in [0.2, 0.25) is 5.91 Å². The molecule has 0 unspecified atom stereocenters. The van der Waals surface area contributed by atoms with E-state index < -0.39 is 0 Å². The predicted octanol–water partition coefficient (Wildman–Crippen LogP) is 3.49. The number of hydrogen-bond donors (Lipinski definition) is 2. The van der Waals surface area contributed by atoms with E-state index in [1.807, 2.05) is 17.9 Å². The summed E-state index contributed by atoms with van der Waals surface area (Å²) in [6.07, 6.45) is 0.864. The van der Waals surface area contributed by atoms with Crippen molar-refractivity contribution in [2.24, 2.45) is 5.92 Å². The molecule has 0 radical (unpaired) electrons. The Hall–Kier alpha value is -2.12. The van der Waals surface area contributed by atoms with Crippen molar-refractivity contribution in [3.05, 3.63) is 38.8 Å². The van der Waals surface area contributed by atoms with Crippen LogP contribution in [0.4, 0.5) is 11.4 Å². The molecule has 27 heavy (non-hydrogen) atoms. The highest BCUT2D eigenvalue weighted by molar-refractivity contribution is 7.13. The Morgan fingerprint density at radius 2 is 2.22 bits per heavy atom. The van der Waals surface area contributed by atoms with Gasteiger partial charge in [-0.15, -0.1) is 11.3 Å². The average Bonchev–Trinajstić information content (AvgIpc) is 2.94. The number of nitrogens with one attached hydrogen (secondary N) is 2. The molecule has 1 aliphatic rings. The van der Waals surface area contributed by atoms with Crippen LogP contribution in [-0.4, -0.2) is 36.4 Å². The Balaban J connectivity index is 1.72. The largest absolute Gasteiger partial charge is 0.359 e. The second-order valence-corrected chi connectivity index (χ2v) is 8.50. The van der Waals surface area contributed by atoms with Gasteiger partial charge in [-0.3, -0.25) is 9.59 Å². The number of rotatable bonds is 5. The third-order valence-electron chi connectivity index (χ3n) is 4.21. The number of nitrogens with zero attached hydrogens (tertiary/aromatic N) is 2. The van der Waals surface area contributed by atoms with Crippen LogP contribution in [0.5, 0.6) is 0 Å². The van der Waals surface area contributed by atoms with Crippen molar-refractivity contribution in [2.75, 3.05) is 29.9 Å². The first-order chi connectivity index (χ1) is 12.8. The maximum Gasteiger partial charge on any atom is 0.267 e. The third kappa shape index (κ3) is 4.78. The van der Waals surface area contributed by atoms with Crippen molar-refractivity contribution >= 4 is 46.1 Å². The van der Waals surface area contributed by atoms with Crippen molar-refractivity contribution < 1.29 is 9.59 Å². The second-order valence-electron chi connectivity index (χ2n) is 7.01. The summed E-state index contributed by atoms with van der Waals surface area (Å²) in [7, 11) is 0. The summed E-state index contributed by atoms with van der Waals surface area (Å²) in [6, 6.07) is 5.35. The van der Waals surface area contributed by atoms with E-state index in [9.17, 15) is 9.59 Å². The van der Waals surface area contributed by atoms with Crippen LogP contribution in [-0.2, 0) is 11.2 Å². The molecule has 144 valence electrons. The Kier molecular flexibility index (Phi) is 6.01. The third-order valence-corrected chi connectivity index (χ3v) is 5.70. The molecule has 0 saturated carbocycles. The summed E-state index contributed by atoms with van der Waals surface area (Å²) >= 11 is 7.83. The number of carbonyl (C=O) groups is 2. The molecule has 0 bridgehead atoms. The molecule has 2 N–H and O–H groups in total. The van der Waals surface area contributed by atoms with E-state index in [2.05, 4.69) is 29.5 Å². The first kappa shape index (κ1) is 19.6. The molecule has 6 nitrogen and oxygen atoms in total. The normalized spacial score (nSPS) is 14.4. The van der Waals surface area contributed by atoms with E-state index in [0.717, 1.165) is 22.8 Å². The topological polar surface area (TPSA) is 74.3 Å². The molecule has 1 aromatic heterocycles. The van der Waals surface area contributed by atoms with Crippen LogP contribution in [0.25, 0.3) is 0 Å². The molecular weight excluding hydrogens is 384 g/mol. The van der Waals surface area contributed by atoms with Crippen molar-refractivity contribution in [1.29, 1.82) is 0 Å². The van der Waals surface area contributed by atoms with Crippen molar-refractivity contribution in [1.82, 2.24) is 10.3 Å². The number of piperazine rings is 1. The van der Waals surface area contributed by atoms with E-state index in [1.165, 1.54) is 11.3 Å². The summed E-state index contributed by atoms with van der Waals surface area (Å²) < 4.78 is 0. The number of benzene rings is 1. The highest BCUT2D eigenvalue weighted by Crippen LogP contribution is 2.30. The first-order valence-electron chi connectivity index (χ1n) is 8.92. The van der Waals surface area contributed by atoms with Crippen LogP contribution in [0.3, 0.4) is 0 Å². The number of aryl methyl sites for hydroxylation is 1. The molecule has 1 fully saturated rings. The smallest absolute Gasteiger partial charge is 0.267 e. The number of amides is 2. The van der Waals surface area contributed by atoms with Gasteiger partial charge in [-0.2, -0.15) is 0 Å².